The lowest BCUT2D eigenvalue weighted by molar-refractivity contribution is 0.243. The zero-order valence-corrected chi connectivity index (χ0v) is 11.8. The lowest BCUT2D eigenvalue weighted by Gasteiger charge is -2.05. The number of halogens is 2. The number of rotatable bonds is 4. The lowest BCUT2D eigenvalue weighted by Crippen LogP contribution is -1.96. The predicted octanol–water partition coefficient (Wildman–Crippen LogP) is 2.59. The largest absolute Gasteiger partial charge is 0.482 e. The van der Waals surface area contributed by atoms with E-state index in [1.54, 1.807) is 18.2 Å². The van der Waals surface area contributed by atoms with Gasteiger partial charge in [-0.25, -0.2) is 4.63 Å². The molecule has 0 spiro atoms. The topological polar surface area (TPSA) is 113 Å². The highest BCUT2D eigenvalue weighted by atomic mass is 35.5. The number of benzene rings is 1. The van der Waals surface area contributed by atoms with E-state index in [0.717, 1.165) is 0 Å². The van der Waals surface area contributed by atoms with Crippen molar-refractivity contribution in [3.05, 3.63) is 34.1 Å². The minimum Gasteiger partial charge on any atom is -0.482 e. The van der Waals surface area contributed by atoms with Gasteiger partial charge < -0.3 is 15.0 Å². The van der Waals surface area contributed by atoms with Gasteiger partial charge in [-0.05, 0) is 28.5 Å². The molecule has 0 bridgehead atoms. The monoisotopic (exact) mass is 327 g/mol. The molecule has 2 heterocycles. The third-order valence-corrected chi connectivity index (χ3v) is 2.97. The molecule has 0 atom stereocenters. The van der Waals surface area contributed by atoms with Crippen molar-refractivity contribution in [1.82, 2.24) is 20.5 Å². The molecule has 0 amide bonds. The van der Waals surface area contributed by atoms with Crippen LogP contribution in [0.25, 0.3) is 11.5 Å². The van der Waals surface area contributed by atoms with Crippen molar-refractivity contribution in [2.75, 3.05) is 5.73 Å². The summed E-state index contributed by atoms with van der Waals surface area (Å²) in [7, 11) is 0. The van der Waals surface area contributed by atoms with E-state index in [9.17, 15) is 0 Å². The molecule has 8 nitrogen and oxygen atoms in total. The van der Waals surface area contributed by atoms with Crippen LogP contribution in [0.15, 0.2) is 27.4 Å². The van der Waals surface area contributed by atoms with Gasteiger partial charge in [0.05, 0.1) is 5.02 Å². The van der Waals surface area contributed by atoms with Crippen molar-refractivity contribution in [3.8, 4) is 17.3 Å². The predicted molar refractivity (Wildman–Crippen MR) is 72.8 cm³/mol. The van der Waals surface area contributed by atoms with Crippen LogP contribution < -0.4 is 10.5 Å². The summed E-state index contributed by atoms with van der Waals surface area (Å²) in [5, 5.41) is 11.6. The molecule has 2 aromatic heterocycles. The Morgan fingerprint density at radius 2 is 2.05 bits per heavy atom. The van der Waals surface area contributed by atoms with E-state index in [0.29, 0.717) is 15.8 Å². The number of aromatic nitrogens is 4. The van der Waals surface area contributed by atoms with Gasteiger partial charge in [0, 0.05) is 5.02 Å². The highest BCUT2D eigenvalue weighted by molar-refractivity contribution is 6.35. The van der Waals surface area contributed by atoms with Gasteiger partial charge in [0.25, 0.3) is 5.89 Å². The fraction of sp³-hybridized carbons (Fsp3) is 0.0909. The number of nitrogens with zero attached hydrogens (tertiary/aromatic N) is 4. The van der Waals surface area contributed by atoms with Gasteiger partial charge in [-0.3, -0.25) is 0 Å². The average molecular weight is 328 g/mol. The van der Waals surface area contributed by atoms with Gasteiger partial charge in [0.2, 0.25) is 5.82 Å². The Kier molecular flexibility index (Phi) is 3.63. The van der Waals surface area contributed by atoms with Crippen molar-refractivity contribution in [2.24, 2.45) is 0 Å². The van der Waals surface area contributed by atoms with Gasteiger partial charge in [0.1, 0.15) is 5.75 Å². The number of ether oxygens (including phenoxy) is 1. The molecular formula is C11H7Cl2N5O3. The maximum absolute atomic E-state index is 5.98. The lowest BCUT2D eigenvalue weighted by atomic mass is 10.3. The number of hydrogen-bond acceptors (Lipinski definition) is 8. The van der Waals surface area contributed by atoms with Crippen LogP contribution in [0.3, 0.4) is 0 Å². The second-order valence-corrected chi connectivity index (χ2v) is 4.72. The van der Waals surface area contributed by atoms with E-state index in [1.165, 1.54) is 0 Å². The highest BCUT2D eigenvalue weighted by Crippen LogP contribution is 2.28. The molecule has 0 unspecified atom stereocenters. The van der Waals surface area contributed by atoms with Gasteiger partial charge in [-0.1, -0.05) is 28.4 Å². The summed E-state index contributed by atoms with van der Waals surface area (Å²) in [6, 6.07) is 4.87. The minimum absolute atomic E-state index is 0.0273. The first kappa shape index (κ1) is 13.7. The van der Waals surface area contributed by atoms with Crippen LogP contribution in [0.4, 0.5) is 5.82 Å². The smallest absolute Gasteiger partial charge is 0.264 e. The Morgan fingerprint density at radius 3 is 2.76 bits per heavy atom. The summed E-state index contributed by atoms with van der Waals surface area (Å²) in [6.07, 6.45) is 0. The van der Waals surface area contributed by atoms with Crippen LogP contribution in [0.2, 0.25) is 10.0 Å². The van der Waals surface area contributed by atoms with E-state index in [-0.39, 0.29) is 29.8 Å². The van der Waals surface area contributed by atoms with E-state index in [4.69, 9.17) is 38.2 Å². The highest BCUT2D eigenvalue weighted by Gasteiger charge is 2.17. The standard InChI is InChI=1S/C11H7Cl2N5O3/c12-5-1-2-7(6(13)3-5)19-4-8-15-11(18-20-8)9-10(14)17-21-16-9/h1-3H,4H2,(H2,14,17). The fourth-order valence-corrected chi connectivity index (χ4v) is 1.96. The van der Waals surface area contributed by atoms with Crippen molar-refractivity contribution in [2.45, 2.75) is 6.61 Å². The molecule has 21 heavy (non-hydrogen) atoms. The average Bonchev–Trinajstić information content (AvgIpc) is 3.06. The zero-order chi connectivity index (χ0) is 14.8. The maximum Gasteiger partial charge on any atom is 0.264 e. The SMILES string of the molecule is Nc1nonc1-c1noc(COc2ccc(Cl)cc2Cl)n1. The second kappa shape index (κ2) is 5.58. The molecule has 2 N–H and O–H groups in total. The Hall–Kier alpha value is -2.32. The molecule has 0 aliphatic rings. The van der Waals surface area contributed by atoms with E-state index >= 15 is 0 Å². The summed E-state index contributed by atoms with van der Waals surface area (Å²) < 4.78 is 14.9. The molecule has 108 valence electrons. The first-order valence-corrected chi connectivity index (χ1v) is 6.38. The van der Waals surface area contributed by atoms with Crippen LogP contribution in [0.5, 0.6) is 5.75 Å². The fourth-order valence-electron chi connectivity index (χ4n) is 1.49. The second-order valence-electron chi connectivity index (χ2n) is 3.87. The molecule has 10 heteroatoms. The first-order valence-electron chi connectivity index (χ1n) is 5.62. The number of hydrogen-bond donors (Lipinski definition) is 1. The maximum atomic E-state index is 5.98. The summed E-state index contributed by atoms with van der Waals surface area (Å²) in [5.74, 6) is 0.903. The molecule has 0 radical (unpaired) electrons. The van der Waals surface area contributed by atoms with E-state index in [2.05, 4.69) is 25.1 Å². The summed E-state index contributed by atoms with van der Waals surface area (Å²) >= 11 is 11.8. The Labute approximate surface area is 127 Å². The Bertz CT molecular complexity index is 773. The normalized spacial score (nSPS) is 10.8. The molecule has 1 aromatic carbocycles. The van der Waals surface area contributed by atoms with Gasteiger partial charge in [0.15, 0.2) is 18.1 Å². The molecule has 3 rings (SSSR count). The molecular weight excluding hydrogens is 321 g/mol. The molecule has 0 aliphatic heterocycles. The van der Waals surface area contributed by atoms with Crippen LogP contribution in [0.1, 0.15) is 5.89 Å². The van der Waals surface area contributed by atoms with Crippen LogP contribution in [-0.2, 0) is 6.61 Å². The third-order valence-electron chi connectivity index (χ3n) is 2.44. The summed E-state index contributed by atoms with van der Waals surface area (Å²) in [5.41, 5.74) is 5.73. The summed E-state index contributed by atoms with van der Waals surface area (Å²) in [4.78, 5) is 4.06. The molecule has 0 saturated carbocycles. The van der Waals surface area contributed by atoms with E-state index in [1.807, 2.05) is 0 Å². The van der Waals surface area contributed by atoms with Crippen molar-refractivity contribution >= 4 is 29.0 Å². The Morgan fingerprint density at radius 1 is 1.19 bits per heavy atom. The summed E-state index contributed by atoms with van der Waals surface area (Å²) in [6.45, 7) is 0.0273. The molecule has 3 aromatic rings. The third kappa shape index (κ3) is 2.91. The minimum atomic E-state index is 0.0273. The quantitative estimate of drug-likeness (QED) is 0.777. The first-order chi connectivity index (χ1) is 10.1. The van der Waals surface area contributed by atoms with Gasteiger partial charge in [-0.15, -0.1) is 0 Å². The van der Waals surface area contributed by atoms with Gasteiger partial charge in [-0.2, -0.15) is 4.98 Å². The van der Waals surface area contributed by atoms with Gasteiger partial charge >= 0.3 is 0 Å². The van der Waals surface area contributed by atoms with Crippen LogP contribution >= 0.6 is 23.2 Å². The number of nitrogen functional groups attached to an aromatic ring is 1. The Balaban J connectivity index is 1.72. The van der Waals surface area contributed by atoms with Crippen LogP contribution in [0, 0.1) is 0 Å². The molecule has 0 saturated heterocycles. The van der Waals surface area contributed by atoms with Crippen LogP contribution in [-0.4, -0.2) is 20.5 Å². The zero-order valence-electron chi connectivity index (χ0n) is 10.3. The molecule has 0 aliphatic carbocycles. The number of anilines is 1. The van der Waals surface area contributed by atoms with Crippen molar-refractivity contribution in [3.63, 3.8) is 0 Å². The molecule has 0 fully saturated rings. The van der Waals surface area contributed by atoms with Crippen molar-refractivity contribution < 1.29 is 13.9 Å². The van der Waals surface area contributed by atoms with Crippen molar-refractivity contribution in [1.29, 1.82) is 0 Å². The number of nitrogens with two attached hydrogens (primary N) is 1. The van der Waals surface area contributed by atoms with E-state index < -0.39 is 0 Å².